The molecule has 0 saturated carbocycles. The van der Waals surface area contributed by atoms with E-state index in [9.17, 15) is 9.59 Å². The molecule has 0 spiro atoms. The summed E-state index contributed by atoms with van der Waals surface area (Å²) in [6.45, 7) is 1.82. The van der Waals surface area contributed by atoms with Crippen molar-refractivity contribution in [2.45, 2.75) is 19.5 Å². The third-order valence-electron chi connectivity index (χ3n) is 2.59. The highest BCUT2D eigenvalue weighted by atomic mass is 79.9. The Morgan fingerprint density at radius 3 is 2.72 bits per heavy atom. The molecule has 0 radical (unpaired) electrons. The zero-order valence-corrected chi connectivity index (χ0v) is 11.8. The van der Waals surface area contributed by atoms with Crippen molar-refractivity contribution in [1.82, 2.24) is 10.2 Å². The van der Waals surface area contributed by atoms with Gasteiger partial charge in [-0.3, -0.25) is 0 Å². The van der Waals surface area contributed by atoms with Gasteiger partial charge in [0.2, 0.25) is 0 Å². The molecule has 0 fully saturated rings. The number of urea groups is 1. The van der Waals surface area contributed by atoms with Crippen LogP contribution in [0.4, 0.5) is 4.79 Å². The Hall–Kier alpha value is -1.56. The maximum Gasteiger partial charge on any atom is 0.326 e. The first-order valence-corrected chi connectivity index (χ1v) is 6.19. The van der Waals surface area contributed by atoms with Gasteiger partial charge in [0.25, 0.3) is 0 Å². The van der Waals surface area contributed by atoms with Gasteiger partial charge in [-0.1, -0.05) is 28.1 Å². The lowest BCUT2D eigenvalue weighted by Crippen LogP contribution is -2.45. The number of carboxylic acids is 1. The first-order chi connectivity index (χ1) is 8.41. The summed E-state index contributed by atoms with van der Waals surface area (Å²) in [5.74, 6) is -1.03. The second kappa shape index (κ2) is 6.39. The number of nitrogens with zero attached hydrogens (tertiary/aromatic N) is 1. The highest BCUT2D eigenvalue weighted by Crippen LogP contribution is 2.11. The normalized spacial score (nSPS) is 11.7. The standard InChI is InChI=1S/C12H15BrN2O3/c1-8(11(16)17)15(2)12(18)14-7-9-4-3-5-10(13)6-9/h3-6,8H,7H2,1-2H3,(H,14,18)(H,16,17). The maximum absolute atomic E-state index is 11.7. The van der Waals surface area contributed by atoms with Crippen LogP contribution in [0.1, 0.15) is 12.5 Å². The highest BCUT2D eigenvalue weighted by molar-refractivity contribution is 9.10. The summed E-state index contributed by atoms with van der Waals surface area (Å²) in [6, 6.07) is 6.27. The molecule has 1 aromatic carbocycles. The van der Waals surface area contributed by atoms with Crippen LogP contribution < -0.4 is 5.32 Å². The number of hydrogen-bond acceptors (Lipinski definition) is 2. The van der Waals surface area contributed by atoms with E-state index < -0.39 is 18.0 Å². The van der Waals surface area contributed by atoms with Gasteiger partial charge >= 0.3 is 12.0 Å². The van der Waals surface area contributed by atoms with Crippen molar-refractivity contribution in [3.8, 4) is 0 Å². The largest absolute Gasteiger partial charge is 0.480 e. The van der Waals surface area contributed by atoms with E-state index in [4.69, 9.17) is 5.11 Å². The van der Waals surface area contributed by atoms with Crippen molar-refractivity contribution >= 4 is 27.9 Å². The average molecular weight is 315 g/mol. The molecule has 2 N–H and O–H groups in total. The van der Waals surface area contributed by atoms with E-state index in [0.717, 1.165) is 14.9 Å². The topological polar surface area (TPSA) is 69.6 Å². The molecule has 98 valence electrons. The SMILES string of the molecule is CC(C(=O)O)N(C)C(=O)NCc1cccc(Br)c1. The van der Waals surface area contributed by atoms with E-state index in [-0.39, 0.29) is 0 Å². The van der Waals surface area contributed by atoms with E-state index in [0.29, 0.717) is 6.54 Å². The van der Waals surface area contributed by atoms with E-state index in [1.807, 2.05) is 24.3 Å². The Balaban J connectivity index is 2.53. The second-order valence-electron chi connectivity index (χ2n) is 3.91. The predicted octanol–water partition coefficient (Wildman–Crippen LogP) is 2.06. The maximum atomic E-state index is 11.7. The number of carbonyl (C=O) groups is 2. The molecule has 5 nitrogen and oxygen atoms in total. The molecule has 0 heterocycles. The van der Waals surface area contributed by atoms with Crippen LogP contribution in [-0.2, 0) is 11.3 Å². The van der Waals surface area contributed by atoms with Gasteiger partial charge in [0.1, 0.15) is 6.04 Å². The van der Waals surface area contributed by atoms with Crippen molar-refractivity contribution in [2.24, 2.45) is 0 Å². The minimum atomic E-state index is -1.03. The fourth-order valence-corrected chi connectivity index (χ4v) is 1.74. The Morgan fingerprint density at radius 1 is 1.50 bits per heavy atom. The van der Waals surface area contributed by atoms with Gasteiger partial charge in [0.15, 0.2) is 0 Å². The summed E-state index contributed by atoms with van der Waals surface area (Å²) < 4.78 is 0.932. The molecule has 0 bridgehead atoms. The first-order valence-electron chi connectivity index (χ1n) is 5.39. The zero-order chi connectivity index (χ0) is 13.7. The Bertz CT molecular complexity index is 451. The van der Waals surface area contributed by atoms with Gasteiger partial charge in [-0.25, -0.2) is 9.59 Å². The van der Waals surface area contributed by atoms with Crippen LogP contribution in [0.25, 0.3) is 0 Å². The van der Waals surface area contributed by atoms with Crippen LogP contribution in [0.2, 0.25) is 0 Å². The molecule has 0 aliphatic rings. The summed E-state index contributed by atoms with van der Waals surface area (Å²) in [5.41, 5.74) is 0.939. The van der Waals surface area contributed by atoms with E-state index in [2.05, 4.69) is 21.2 Å². The van der Waals surface area contributed by atoms with Gasteiger partial charge in [0.05, 0.1) is 0 Å². The van der Waals surface area contributed by atoms with Crippen molar-refractivity contribution in [2.75, 3.05) is 7.05 Å². The molecule has 0 aliphatic carbocycles. The number of likely N-dealkylation sites (N-methyl/N-ethyl adjacent to an activating group) is 1. The molecule has 1 atom stereocenters. The van der Waals surface area contributed by atoms with Gasteiger partial charge in [-0.2, -0.15) is 0 Å². The number of halogens is 1. The van der Waals surface area contributed by atoms with E-state index in [1.54, 1.807) is 0 Å². The van der Waals surface area contributed by atoms with Crippen LogP contribution in [-0.4, -0.2) is 35.1 Å². The van der Waals surface area contributed by atoms with Crippen molar-refractivity contribution in [3.63, 3.8) is 0 Å². The van der Waals surface area contributed by atoms with Gasteiger partial charge in [-0.05, 0) is 24.6 Å². The van der Waals surface area contributed by atoms with E-state index in [1.165, 1.54) is 14.0 Å². The Kier molecular flexibility index (Phi) is 5.15. The molecule has 2 amide bonds. The number of aliphatic carboxylic acids is 1. The van der Waals surface area contributed by atoms with Gasteiger partial charge in [-0.15, -0.1) is 0 Å². The van der Waals surface area contributed by atoms with Crippen molar-refractivity contribution in [3.05, 3.63) is 34.3 Å². The summed E-state index contributed by atoms with van der Waals surface area (Å²) in [5, 5.41) is 11.5. The molecule has 18 heavy (non-hydrogen) atoms. The van der Waals surface area contributed by atoms with Crippen LogP contribution in [0, 0.1) is 0 Å². The fourth-order valence-electron chi connectivity index (χ4n) is 1.29. The average Bonchev–Trinajstić information content (AvgIpc) is 2.34. The molecule has 0 saturated heterocycles. The van der Waals surface area contributed by atoms with E-state index >= 15 is 0 Å². The van der Waals surface area contributed by atoms with Crippen molar-refractivity contribution in [1.29, 1.82) is 0 Å². The summed E-state index contributed by atoms with van der Waals surface area (Å²) in [6.07, 6.45) is 0. The Labute approximate surface area is 114 Å². The number of rotatable bonds is 4. The van der Waals surface area contributed by atoms with Crippen LogP contribution >= 0.6 is 15.9 Å². The third-order valence-corrected chi connectivity index (χ3v) is 3.08. The Morgan fingerprint density at radius 2 is 2.17 bits per heavy atom. The molecule has 0 aliphatic heterocycles. The fraction of sp³-hybridized carbons (Fsp3) is 0.333. The summed E-state index contributed by atoms with van der Waals surface area (Å²) >= 11 is 3.34. The van der Waals surface area contributed by atoms with Crippen LogP contribution in [0.3, 0.4) is 0 Å². The quantitative estimate of drug-likeness (QED) is 0.893. The lowest BCUT2D eigenvalue weighted by molar-refractivity contribution is -0.141. The molecule has 1 aromatic rings. The second-order valence-corrected chi connectivity index (χ2v) is 4.83. The lowest BCUT2D eigenvalue weighted by Gasteiger charge is -2.21. The molecule has 1 unspecified atom stereocenters. The number of amides is 2. The highest BCUT2D eigenvalue weighted by Gasteiger charge is 2.21. The minimum absolute atomic E-state index is 0.356. The third kappa shape index (κ3) is 4.03. The monoisotopic (exact) mass is 314 g/mol. The van der Waals surface area contributed by atoms with Crippen LogP contribution in [0.15, 0.2) is 28.7 Å². The number of carbonyl (C=O) groups excluding carboxylic acids is 1. The number of nitrogens with one attached hydrogen (secondary N) is 1. The number of carboxylic acid groups (broad SMARTS) is 1. The van der Waals surface area contributed by atoms with Gasteiger partial charge in [0, 0.05) is 18.1 Å². The van der Waals surface area contributed by atoms with Crippen LogP contribution in [0.5, 0.6) is 0 Å². The molecular formula is C12H15BrN2O3. The molecule has 0 aromatic heterocycles. The smallest absolute Gasteiger partial charge is 0.326 e. The first kappa shape index (κ1) is 14.5. The molecule has 6 heteroatoms. The zero-order valence-electron chi connectivity index (χ0n) is 10.2. The molecular weight excluding hydrogens is 300 g/mol. The van der Waals surface area contributed by atoms with Crippen molar-refractivity contribution < 1.29 is 14.7 Å². The number of benzene rings is 1. The van der Waals surface area contributed by atoms with Gasteiger partial charge < -0.3 is 15.3 Å². The predicted molar refractivity (Wildman–Crippen MR) is 71.2 cm³/mol. The number of hydrogen-bond donors (Lipinski definition) is 2. The summed E-state index contributed by atoms with van der Waals surface area (Å²) in [4.78, 5) is 23.6. The minimum Gasteiger partial charge on any atom is -0.480 e. The summed E-state index contributed by atoms with van der Waals surface area (Å²) in [7, 11) is 1.45. The molecule has 1 rings (SSSR count). The lowest BCUT2D eigenvalue weighted by atomic mass is 10.2.